The van der Waals surface area contributed by atoms with Crippen LogP contribution in [0, 0.1) is 0 Å². The van der Waals surface area contributed by atoms with E-state index >= 15 is 0 Å². The van der Waals surface area contributed by atoms with Gasteiger partial charge in [0.25, 0.3) is 0 Å². The Labute approximate surface area is 136 Å². The molecular formula is C17H34O2PtSi. The number of hydrogen-bond acceptors (Lipinski definition) is 2. The number of rotatable bonds is 8. The molecule has 0 radical (unpaired) electrons. The van der Waals surface area contributed by atoms with Gasteiger partial charge in [-0.2, -0.15) is 0 Å². The predicted octanol–water partition coefficient (Wildman–Crippen LogP) is 5.74. The number of hydrogen-bond donors (Lipinski definition) is 0. The Hall–Kier alpha value is 0.305. The van der Waals surface area contributed by atoms with Crippen LogP contribution in [-0.2, 0) is 24.9 Å². The molecule has 0 aromatic heterocycles. The normalized spacial score (nSPS) is 17.9. The standard InChI is InChI=1S/C14H25O2Si.3CH3.Pt/c1-6-9-13-12(4)10-11-14(13)17(5,15-7-2)16-8-3;;;;/h6-9,11H2,1-5H3;3*1H3;. The Morgan fingerprint density at radius 3 is 1.95 bits per heavy atom. The quantitative estimate of drug-likeness (QED) is 0.401. The van der Waals surface area contributed by atoms with Crippen molar-refractivity contribution in [1.29, 1.82) is 0 Å². The summed E-state index contributed by atoms with van der Waals surface area (Å²) in [6.45, 7) is 12.5. The summed E-state index contributed by atoms with van der Waals surface area (Å²) in [5.41, 5.74) is 3.15. The molecule has 1 rings (SSSR count). The van der Waals surface area contributed by atoms with Gasteiger partial charge in [-0.25, -0.2) is 0 Å². The van der Waals surface area contributed by atoms with E-state index in [-0.39, 0.29) is 0 Å². The van der Waals surface area contributed by atoms with E-state index in [9.17, 15) is 0 Å². The molecule has 2 nitrogen and oxygen atoms in total. The predicted molar refractivity (Wildman–Crippen MR) is 91.7 cm³/mol. The van der Waals surface area contributed by atoms with Gasteiger partial charge in [0.1, 0.15) is 0 Å². The first-order valence-electron chi connectivity index (χ1n) is 7.77. The van der Waals surface area contributed by atoms with Gasteiger partial charge < -0.3 is 0 Å². The average molecular weight is 494 g/mol. The van der Waals surface area contributed by atoms with E-state index in [1.54, 1.807) is 15.1 Å². The second-order valence-electron chi connectivity index (χ2n) is 6.11. The van der Waals surface area contributed by atoms with Crippen LogP contribution in [0.1, 0.15) is 47.0 Å². The van der Waals surface area contributed by atoms with Crippen LogP contribution in [0.3, 0.4) is 0 Å². The van der Waals surface area contributed by atoms with Crippen molar-refractivity contribution >= 4 is 8.56 Å². The van der Waals surface area contributed by atoms with Crippen molar-refractivity contribution in [2.24, 2.45) is 0 Å². The molecule has 0 saturated carbocycles. The fourth-order valence-electron chi connectivity index (χ4n) is 3.08. The van der Waals surface area contributed by atoms with Crippen molar-refractivity contribution in [2.75, 3.05) is 13.2 Å². The molecule has 0 bridgehead atoms. The third-order valence-electron chi connectivity index (χ3n) is 3.98. The van der Waals surface area contributed by atoms with E-state index in [1.807, 2.05) is 0 Å². The minimum absolute atomic E-state index is 0.746. The summed E-state index contributed by atoms with van der Waals surface area (Å²) >= 11 is -1.72. The van der Waals surface area contributed by atoms with E-state index in [1.165, 1.54) is 18.0 Å². The van der Waals surface area contributed by atoms with Gasteiger partial charge in [-0.15, -0.1) is 0 Å². The zero-order valence-electron chi connectivity index (χ0n) is 15.2. The second-order valence-corrected chi connectivity index (χ2v) is 20.8. The zero-order chi connectivity index (χ0) is 16.3. The fourth-order valence-corrected chi connectivity index (χ4v) is 10.8. The molecule has 21 heavy (non-hydrogen) atoms. The van der Waals surface area contributed by atoms with E-state index in [2.05, 4.69) is 50.2 Å². The zero-order valence-corrected chi connectivity index (χ0v) is 18.4. The van der Waals surface area contributed by atoms with Gasteiger partial charge >= 0.3 is 136 Å². The number of allylic oxidation sites excluding steroid dienone is 4. The van der Waals surface area contributed by atoms with Crippen molar-refractivity contribution in [1.82, 2.24) is 0 Å². The van der Waals surface area contributed by atoms with Gasteiger partial charge in [0.2, 0.25) is 0 Å². The molecule has 0 spiro atoms. The molecule has 0 aromatic rings. The van der Waals surface area contributed by atoms with Gasteiger partial charge in [-0.3, -0.25) is 0 Å². The molecule has 1 aliphatic rings. The second kappa shape index (κ2) is 7.72. The topological polar surface area (TPSA) is 18.5 Å². The molecule has 0 fully saturated rings. The van der Waals surface area contributed by atoms with Crippen molar-refractivity contribution in [3.63, 3.8) is 0 Å². The maximum absolute atomic E-state index is 6.19. The average Bonchev–Trinajstić information content (AvgIpc) is 2.69. The Morgan fingerprint density at radius 1 is 1.05 bits per heavy atom. The van der Waals surface area contributed by atoms with E-state index in [0.717, 1.165) is 19.6 Å². The van der Waals surface area contributed by atoms with Crippen molar-refractivity contribution in [3.8, 4) is 0 Å². The molecule has 0 amide bonds. The van der Waals surface area contributed by atoms with Crippen molar-refractivity contribution in [3.05, 3.63) is 20.3 Å². The summed E-state index contributed by atoms with van der Waals surface area (Å²) in [4.78, 5) is 0. The third kappa shape index (κ3) is 4.40. The SMILES string of the molecule is CCCC1=C([Si](C)(OCC)OCC)C[C]([Pt]([CH3])([CH3])[CH3])=C1C. The molecule has 4 heteroatoms. The van der Waals surface area contributed by atoms with Crippen LogP contribution in [0.4, 0.5) is 0 Å². The Kier molecular flexibility index (Phi) is 7.12. The van der Waals surface area contributed by atoms with Crippen LogP contribution in [-0.4, -0.2) is 21.8 Å². The Bertz CT molecular complexity index is 427. The summed E-state index contributed by atoms with van der Waals surface area (Å²) < 4.78 is 14.1. The summed E-state index contributed by atoms with van der Waals surface area (Å²) in [7, 11) is -2.21. The molecule has 0 aromatic carbocycles. The van der Waals surface area contributed by atoms with Gasteiger partial charge in [0.05, 0.1) is 0 Å². The summed E-state index contributed by atoms with van der Waals surface area (Å²) in [6.07, 6.45) is 3.50. The molecule has 0 saturated heterocycles. The minimum atomic E-state index is -2.21. The first-order chi connectivity index (χ1) is 9.71. The first-order valence-corrected chi connectivity index (χ1v) is 18.0. The fraction of sp³-hybridized carbons (Fsp3) is 0.765. The Morgan fingerprint density at radius 2 is 1.57 bits per heavy atom. The van der Waals surface area contributed by atoms with Gasteiger partial charge in [0.15, 0.2) is 0 Å². The van der Waals surface area contributed by atoms with Crippen LogP contribution in [0.2, 0.25) is 22.5 Å². The molecule has 1 aliphatic carbocycles. The van der Waals surface area contributed by atoms with Crippen molar-refractivity contribution < 1.29 is 24.9 Å². The van der Waals surface area contributed by atoms with E-state index in [0.29, 0.717) is 0 Å². The Balaban J connectivity index is 3.26. The molecule has 128 valence electrons. The maximum atomic E-state index is 6.19. The molecular weight excluding hydrogens is 459 g/mol. The molecule has 0 aliphatic heterocycles. The van der Waals surface area contributed by atoms with E-state index in [4.69, 9.17) is 8.85 Å². The van der Waals surface area contributed by atoms with Crippen LogP contribution in [0.15, 0.2) is 20.3 Å². The molecule has 0 atom stereocenters. The summed E-state index contributed by atoms with van der Waals surface area (Å²) in [6, 6.07) is 0. The van der Waals surface area contributed by atoms with Gasteiger partial charge in [-0.1, -0.05) is 0 Å². The molecule has 0 N–H and O–H groups in total. The van der Waals surface area contributed by atoms with Crippen LogP contribution in [0.5, 0.6) is 0 Å². The van der Waals surface area contributed by atoms with Crippen LogP contribution >= 0.6 is 0 Å². The van der Waals surface area contributed by atoms with Crippen LogP contribution in [0.25, 0.3) is 0 Å². The van der Waals surface area contributed by atoms with E-state index < -0.39 is 24.6 Å². The summed E-state index contributed by atoms with van der Waals surface area (Å²) in [5.74, 6) is 0. The third-order valence-corrected chi connectivity index (χ3v) is 12.6. The molecule has 0 unspecified atom stereocenters. The van der Waals surface area contributed by atoms with Crippen molar-refractivity contribution in [2.45, 2.75) is 69.4 Å². The molecule has 0 heterocycles. The monoisotopic (exact) mass is 493 g/mol. The summed E-state index contributed by atoms with van der Waals surface area (Å²) in [5, 5.41) is 9.02. The first kappa shape index (κ1) is 19.4. The van der Waals surface area contributed by atoms with Crippen LogP contribution < -0.4 is 0 Å². The van der Waals surface area contributed by atoms with Gasteiger partial charge in [-0.05, 0) is 0 Å². The van der Waals surface area contributed by atoms with Gasteiger partial charge in [0, 0.05) is 0 Å².